The van der Waals surface area contributed by atoms with Gasteiger partial charge >= 0.3 is 0 Å². The monoisotopic (exact) mass is 675 g/mol. The van der Waals surface area contributed by atoms with E-state index in [2.05, 4.69) is 39.9 Å². The molecule has 2 aromatic heterocycles. The minimum Gasteiger partial charge on any atom is -0.494 e. The zero-order valence-corrected chi connectivity index (χ0v) is 26.6. The number of aryl methyl sites for hydroxylation is 1. The third kappa shape index (κ3) is 6.34. The van der Waals surface area contributed by atoms with Crippen molar-refractivity contribution in [2.45, 2.75) is 33.6 Å². The summed E-state index contributed by atoms with van der Waals surface area (Å²) < 4.78 is 13.6. The van der Waals surface area contributed by atoms with Crippen LogP contribution in [0.3, 0.4) is 0 Å². The molecule has 5 rings (SSSR count). The fourth-order valence-corrected chi connectivity index (χ4v) is 5.54. The van der Waals surface area contributed by atoms with Crippen LogP contribution in [0.15, 0.2) is 81.2 Å². The maximum absolute atomic E-state index is 13.9. The number of rotatable bonds is 9. The van der Waals surface area contributed by atoms with Gasteiger partial charge in [0.15, 0.2) is 11.6 Å². The lowest BCUT2D eigenvalue weighted by molar-refractivity contribution is -0.385. The Morgan fingerprint density at radius 3 is 2.61 bits per heavy atom. The summed E-state index contributed by atoms with van der Waals surface area (Å²) in [5.74, 6) is 1.70. The Labute approximate surface area is 266 Å². The lowest BCUT2D eigenvalue weighted by Gasteiger charge is -2.18. The molecule has 0 bridgehead atoms. The van der Waals surface area contributed by atoms with Gasteiger partial charge in [0.05, 0.1) is 33.1 Å². The molecule has 0 saturated heterocycles. The van der Waals surface area contributed by atoms with Gasteiger partial charge in [-0.3, -0.25) is 14.9 Å². The van der Waals surface area contributed by atoms with E-state index in [0.717, 1.165) is 28.6 Å². The molecule has 0 aliphatic carbocycles. The summed E-state index contributed by atoms with van der Waals surface area (Å²) in [6.45, 7) is 8.56. The lowest BCUT2D eigenvalue weighted by Crippen LogP contribution is -2.21. The van der Waals surface area contributed by atoms with Gasteiger partial charge in [0, 0.05) is 28.3 Å². The quantitative estimate of drug-likeness (QED) is 0.0875. The SMILES string of the molecule is CCOc1cc(C)c(-c2nc3ccccc3c(=O)n2N=Cc2cc(Cl)cc(Br)c2Oc2ccc([N+](=O)[O-])cn2)cc1C(C)C. The summed E-state index contributed by atoms with van der Waals surface area (Å²) in [6.07, 6.45) is 2.55. The fourth-order valence-electron chi connectivity index (χ4n) is 4.63. The minimum atomic E-state index is -0.545. The number of aromatic nitrogens is 3. The lowest BCUT2D eigenvalue weighted by atomic mass is 9.96. The van der Waals surface area contributed by atoms with Crippen molar-refractivity contribution in [1.82, 2.24) is 14.6 Å². The predicted octanol–water partition coefficient (Wildman–Crippen LogP) is 8.29. The van der Waals surface area contributed by atoms with Gasteiger partial charge in [-0.15, -0.1) is 0 Å². The van der Waals surface area contributed by atoms with E-state index in [1.165, 1.54) is 23.0 Å². The number of pyridine rings is 1. The second-order valence-corrected chi connectivity index (χ2v) is 11.4. The number of hydrogen-bond donors (Lipinski definition) is 0. The molecule has 5 aromatic rings. The summed E-state index contributed by atoms with van der Waals surface area (Å²) in [5, 5.41) is 16.4. The van der Waals surface area contributed by atoms with Crippen LogP contribution in [0.2, 0.25) is 5.02 Å². The van der Waals surface area contributed by atoms with Gasteiger partial charge in [-0.25, -0.2) is 9.97 Å². The molecule has 0 spiro atoms. The molecule has 0 atom stereocenters. The third-order valence-corrected chi connectivity index (χ3v) is 7.57. The highest BCUT2D eigenvalue weighted by Gasteiger charge is 2.19. The summed E-state index contributed by atoms with van der Waals surface area (Å²) in [4.78, 5) is 33.3. The Kier molecular flexibility index (Phi) is 9.07. The molecule has 10 nitrogen and oxygen atoms in total. The molecule has 0 aliphatic rings. The summed E-state index contributed by atoms with van der Waals surface area (Å²) in [5.41, 5.74) is 3.00. The van der Waals surface area contributed by atoms with Crippen LogP contribution in [0.4, 0.5) is 5.69 Å². The molecule has 0 radical (unpaired) electrons. The first kappa shape index (κ1) is 30.8. The Hall–Kier alpha value is -4.61. The molecule has 3 aromatic carbocycles. The van der Waals surface area contributed by atoms with E-state index in [4.69, 9.17) is 26.1 Å². The van der Waals surface area contributed by atoms with Gasteiger partial charge in [0.2, 0.25) is 5.88 Å². The first-order valence-electron chi connectivity index (χ1n) is 13.7. The number of halogens is 2. The smallest absolute Gasteiger partial charge is 0.287 e. The largest absolute Gasteiger partial charge is 0.494 e. The summed E-state index contributed by atoms with van der Waals surface area (Å²) in [7, 11) is 0. The van der Waals surface area contributed by atoms with Crippen molar-refractivity contribution in [3.05, 3.63) is 114 Å². The molecule has 0 amide bonds. The van der Waals surface area contributed by atoms with Crippen molar-refractivity contribution in [2.75, 3.05) is 6.61 Å². The van der Waals surface area contributed by atoms with Gasteiger partial charge in [0.1, 0.15) is 11.9 Å². The normalized spacial score (nSPS) is 11.4. The Morgan fingerprint density at radius 1 is 1.16 bits per heavy atom. The van der Waals surface area contributed by atoms with Gasteiger partial charge in [-0.2, -0.15) is 9.78 Å². The number of hydrogen-bond acceptors (Lipinski definition) is 8. The molecule has 224 valence electrons. The number of nitrogens with zero attached hydrogens (tertiary/aromatic N) is 5. The van der Waals surface area contributed by atoms with Gasteiger partial charge in [-0.1, -0.05) is 37.6 Å². The third-order valence-electron chi connectivity index (χ3n) is 6.76. The van der Waals surface area contributed by atoms with Crippen LogP contribution in [0.25, 0.3) is 22.3 Å². The second-order valence-electron chi connectivity index (χ2n) is 10.1. The van der Waals surface area contributed by atoms with Crippen molar-refractivity contribution < 1.29 is 14.4 Å². The Bertz CT molecular complexity index is 1980. The van der Waals surface area contributed by atoms with E-state index in [0.29, 0.717) is 44.1 Å². The molecule has 0 fully saturated rings. The van der Waals surface area contributed by atoms with Crippen LogP contribution < -0.4 is 15.0 Å². The topological polar surface area (TPSA) is 122 Å². The van der Waals surface area contributed by atoms with Crippen molar-refractivity contribution >= 4 is 50.3 Å². The van der Waals surface area contributed by atoms with E-state index < -0.39 is 4.92 Å². The zero-order valence-electron chi connectivity index (χ0n) is 24.2. The molecule has 2 heterocycles. The number of nitro groups is 1. The van der Waals surface area contributed by atoms with E-state index in [1.807, 2.05) is 32.0 Å². The minimum absolute atomic E-state index is 0.115. The van der Waals surface area contributed by atoms with Crippen LogP contribution in [0, 0.1) is 17.0 Å². The van der Waals surface area contributed by atoms with E-state index in [9.17, 15) is 14.9 Å². The van der Waals surface area contributed by atoms with Crippen LogP contribution in [0.1, 0.15) is 43.4 Å². The zero-order chi connectivity index (χ0) is 31.5. The Balaban J connectivity index is 1.68. The number of fused-ring (bicyclic) bond motifs is 1. The molecule has 0 unspecified atom stereocenters. The highest BCUT2D eigenvalue weighted by molar-refractivity contribution is 9.10. The average Bonchev–Trinajstić information content (AvgIpc) is 2.98. The predicted molar refractivity (Wildman–Crippen MR) is 175 cm³/mol. The molecule has 0 saturated carbocycles. The highest BCUT2D eigenvalue weighted by Crippen LogP contribution is 2.36. The van der Waals surface area contributed by atoms with E-state index >= 15 is 0 Å². The van der Waals surface area contributed by atoms with Crippen molar-refractivity contribution in [3.63, 3.8) is 0 Å². The maximum Gasteiger partial charge on any atom is 0.287 e. The average molecular weight is 677 g/mol. The first-order valence-corrected chi connectivity index (χ1v) is 14.9. The maximum atomic E-state index is 13.9. The molecule has 0 N–H and O–H groups in total. The summed E-state index contributed by atoms with van der Waals surface area (Å²) >= 11 is 9.84. The van der Waals surface area contributed by atoms with E-state index in [-0.39, 0.29) is 23.0 Å². The molecule has 12 heteroatoms. The van der Waals surface area contributed by atoms with Crippen LogP contribution in [-0.2, 0) is 0 Å². The van der Waals surface area contributed by atoms with Crippen LogP contribution in [-0.4, -0.2) is 32.4 Å². The molecule has 44 heavy (non-hydrogen) atoms. The van der Waals surface area contributed by atoms with Crippen molar-refractivity contribution in [3.8, 4) is 28.8 Å². The standard InChI is InChI=1S/C32H27BrClN5O5/c1-5-43-28-12-19(4)25(15-24(28)18(2)3)31-37-27-9-7-6-8-23(27)32(40)38(31)36-16-20-13-21(34)14-26(33)30(20)44-29-11-10-22(17-35-29)39(41)42/h6-18H,5H2,1-4H3. The number of benzene rings is 3. The van der Waals surface area contributed by atoms with Crippen molar-refractivity contribution in [2.24, 2.45) is 5.10 Å². The second kappa shape index (κ2) is 12.9. The molecular weight excluding hydrogens is 650 g/mol. The van der Waals surface area contributed by atoms with Crippen LogP contribution in [0.5, 0.6) is 17.4 Å². The highest BCUT2D eigenvalue weighted by atomic mass is 79.9. The molecule has 0 aliphatic heterocycles. The van der Waals surface area contributed by atoms with Gasteiger partial charge in [0.25, 0.3) is 11.2 Å². The van der Waals surface area contributed by atoms with E-state index in [1.54, 1.807) is 30.3 Å². The molecular formula is C32H27BrClN5O5. The fraction of sp³-hybridized carbons (Fsp3) is 0.188. The van der Waals surface area contributed by atoms with Gasteiger partial charge in [-0.05, 0) is 83.2 Å². The Morgan fingerprint density at radius 2 is 1.93 bits per heavy atom. The first-order chi connectivity index (χ1) is 21.1. The number of ether oxygens (including phenoxy) is 2. The number of para-hydroxylation sites is 1. The van der Waals surface area contributed by atoms with Crippen molar-refractivity contribution in [1.29, 1.82) is 0 Å². The summed E-state index contributed by atoms with van der Waals surface area (Å²) in [6, 6.07) is 17.0. The van der Waals surface area contributed by atoms with Gasteiger partial charge < -0.3 is 9.47 Å². The van der Waals surface area contributed by atoms with Crippen LogP contribution >= 0.6 is 27.5 Å².